The molecule has 1 aliphatic rings. The first-order valence-electron chi connectivity index (χ1n) is 6.27. The zero-order valence-electron chi connectivity index (χ0n) is 11.2. The largest absolute Gasteiger partial charge is 0.460 e. The second kappa shape index (κ2) is 5.48. The predicted molar refractivity (Wildman–Crippen MR) is 66.6 cm³/mol. The van der Waals surface area contributed by atoms with E-state index in [1.807, 2.05) is 33.8 Å². The zero-order chi connectivity index (χ0) is 13.1. The van der Waals surface area contributed by atoms with Crippen molar-refractivity contribution >= 4 is 11.8 Å². The minimum Gasteiger partial charge on any atom is -0.460 e. The fraction of sp³-hybridized carbons (Fsp3) is 0.714. The van der Waals surface area contributed by atoms with Gasteiger partial charge in [0.1, 0.15) is 11.4 Å². The van der Waals surface area contributed by atoms with Crippen molar-refractivity contribution in [2.75, 3.05) is 0 Å². The van der Waals surface area contributed by atoms with Crippen LogP contribution in [-0.4, -0.2) is 17.4 Å². The van der Waals surface area contributed by atoms with E-state index in [0.29, 0.717) is 6.42 Å². The highest BCUT2D eigenvalue weighted by Crippen LogP contribution is 2.27. The Morgan fingerprint density at radius 2 is 2.12 bits per heavy atom. The van der Waals surface area contributed by atoms with E-state index >= 15 is 0 Å². The van der Waals surface area contributed by atoms with E-state index in [0.717, 1.165) is 18.4 Å². The molecule has 0 aliphatic heterocycles. The summed E-state index contributed by atoms with van der Waals surface area (Å²) in [6, 6.07) is 0. The summed E-state index contributed by atoms with van der Waals surface area (Å²) in [7, 11) is 0. The Hall–Kier alpha value is -1.12. The Morgan fingerprint density at radius 3 is 2.65 bits per heavy atom. The topological polar surface area (TPSA) is 43.4 Å². The van der Waals surface area contributed by atoms with Gasteiger partial charge in [-0.25, -0.2) is 0 Å². The van der Waals surface area contributed by atoms with Crippen molar-refractivity contribution in [3.63, 3.8) is 0 Å². The normalized spacial score (nSPS) is 21.1. The van der Waals surface area contributed by atoms with Gasteiger partial charge >= 0.3 is 5.97 Å². The molecule has 1 aliphatic carbocycles. The van der Waals surface area contributed by atoms with Gasteiger partial charge in [0.15, 0.2) is 0 Å². The molecule has 0 aromatic carbocycles. The summed E-state index contributed by atoms with van der Waals surface area (Å²) < 4.78 is 5.28. The molecule has 0 aromatic heterocycles. The van der Waals surface area contributed by atoms with Crippen LogP contribution in [-0.2, 0) is 14.3 Å². The van der Waals surface area contributed by atoms with Gasteiger partial charge in [-0.1, -0.05) is 18.6 Å². The molecule has 17 heavy (non-hydrogen) atoms. The van der Waals surface area contributed by atoms with Gasteiger partial charge in [-0.3, -0.25) is 9.59 Å². The van der Waals surface area contributed by atoms with Crippen molar-refractivity contribution in [3.05, 3.63) is 11.6 Å². The third-order valence-electron chi connectivity index (χ3n) is 2.81. The number of hydrogen-bond donors (Lipinski definition) is 0. The van der Waals surface area contributed by atoms with Crippen LogP contribution in [0, 0.1) is 5.92 Å². The maximum atomic E-state index is 11.7. The summed E-state index contributed by atoms with van der Waals surface area (Å²) in [5, 5.41) is 0. The molecular weight excluding hydrogens is 216 g/mol. The van der Waals surface area contributed by atoms with Crippen molar-refractivity contribution < 1.29 is 14.3 Å². The lowest BCUT2D eigenvalue weighted by Crippen LogP contribution is -2.27. The van der Waals surface area contributed by atoms with Crippen LogP contribution in [0.1, 0.15) is 53.4 Å². The van der Waals surface area contributed by atoms with Gasteiger partial charge in [-0.2, -0.15) is 0 Å². The average Bonchev–Trinajstić information content (AvgIpc) is 2.14. The molecule has 0 saturated heterocycles. The number of carbonyl (C=O) groups is 2. The lowest BCUT2D eigenvalue weighted by molar-refractivity contribution is -0.154. The van der Waals surface area contributed by atoms with E-state index in [-0.39, 0.29) is 24.1 Å². The second-order valence-electron chi connectivity index (χ2n) is 5.51. The van der Waals surface area contributed by atoms with Crippen LogP contribution in [0.25, 0.3) is 0 Å². The summed E-state index contributed by atoms with van der Waals surface area (Å²) in [4.78, 5) is 23.4. The molecule has 0 saturated carbocycles. The molecule has 0 aromatic rings. The minimum atomic E-state index is -0.460. The fourth-order valence-corrected chi connectivity index (χ4v) is 2.15. The molecule has 0 heterocycles. The molecule has 1 atom stereocenters. The summed E-state index contributed by atoms with van der Waals surface area (Å²) in [6.45, 7) is 7.53. The van der Waals surface area contributed by atoms with Crippen molar-refractivity contribution in [1.82, 2.24) is 0 Å². The third-order valence-corrected chi connectivity index (χ3v) is 2.81. The van der Waals surface area contributed by atoms with E-state index in [9.17, 15) is 9.59 Å². The molecule has 0 spiro atoms. The van der Waals surface area contributed by atoms with Crippen LogP contribution in [0.3, 0.4) is 0 Å². The van der Waals surface area contributed by atoms with Gasteiger partial charge in [0.2, 0.25) is 0 Å². The zero-order valence-corrected chi connectivity index (χ0v) is 11.2. The maximum absolute atomic E-state index is 11.7. The van der Waals surface area contributed by atoms with Gasteiger partial charge in [-0.05, 0) is 33.6 Å². The van der Waals surface area contributed by atoms with E-state index in [4.69, 9.17) is 4.74 Å². The molecule has 0 amide bonds. The highest BCUT2D eigenvalue weighted by atomic mass is 16.6. The molecule has 0 fully saturated rings. The molecule has 3 heteroatoms. The van der Waals surface area contributed by atoms with Crippen LogP contribution in [0.15, 0.2) is 11.6 Å². The van der Waals surface area contributed by atoms with Gasteiger partial charge < -0.3 is 4.74 Å². The highest BCUT2D eigenvalue weighted by Gasteiger charge is 2.27. The van der Waals surface area contributed by atoms with Crippen molar-refractivity contribution in [2.24, 2.45) is 5.92 Å². The molecule has 0 N–H and O–H groups in total. The smallest absolute Gasteiger partial charge is 0.310 e. The lowest BCUT2D eigenvalue weighted by atomic mass is 9.83. The number of allylic oxidation sites excluding steroid dienone is 1. The lowest BCUT2D eigenvalue weighted by Gasteiger charge is -2.24. The van der Waals surface area contributed by atoms with Gasteiger partial charge in [0.05, 0.1) is 6.42 Å². The third kappa shape index (κ3) is 4.33. The quantitative estimate of drug-likeness (QED) is 0.560. The molecule has 1 rings (SSSR count). The van der Waals surface area contributed by atoms with Gasteiger partial charge in [0.25, 0.3) is 0 Å². The number of ketones is 1. The van der Waals surface area contributed by atoms with Crippen molar-refractivity contribution in [3.8, 4) is 0 Å². The Bertz CT molecular complexity index is 334. The minimum absolute atomic E-state index is 0.0729. The van der Waals surface area contributed by atoms with Crippen LogP contribution in [0.2, 0.25) is 0 Å². The number of carbonyl (C=O) groups excluding carboxylic acids is 2. The Kier molecular flexibility index (Phi) is 4.49. The highest BCUT2D eigenvalue weighted by molar-refractivity contribution is 5.87. The molecule has 0 bridgehead atoms. The molecule has 0 radical (unpaired) electrons. The Labute approximate surface area is 103 Å². The number of rotatable bonds is 3. The van der Waals surface area contributed by atoms with Crippen molar-refractivity contribution in [1.29, 1.82) is 0 Å². The summed E-state index contributed by atoms with van der Waals surface area (Å²) in [6.07, 6.45) is 4.41. The summed E-state index contributed by atoms with van der Waals surface area (Å²) in [5.41, 5.74) is 0.482. The van der Waals surface area contributed by atoms with E-state index < -0.39 is 5.60 Å². The van der Waals surface area contributed by atoms with Crippen LogP contribution in [0.4, 0.5) is 0 Å². The number of Topliss-reactive ketones (excluding diaryl/α,β-unsaturated/α-hetero) is 1. The fourth-order valence-electron chi connectivity index (χ4n) is 2.15. The number of esters is 1. The first-order chi connectivity index (χ1) is 7.83. The van der Waals surface area contributed by atoms with Crippen LogP contribution < -0.4 is 0 Å². The number of ether oxygens (including phenoxy) is 1. The molecule has 1 unspecified atom stereocenters. The monoisotopic (exact) mass is 238 g/mol. The maximum Gasteiger partial charge on any atom is 0.310 e. The van der Waals surface area contributed by atoms with Crippen LogP contribution >= 0.6 is 0 Å². The molecule has 3 nitrogen and oxygen atoms in total. The van der Waals surface area contributed by atoms with E-state index in [1.54, 1.807) is 0 Å². The second-order valence-corrected chi connectivity index (χ2v) is 5.51. The summed E-state index contributed by atoms with van der Waals surface area (Å²) >= 11 is 0. The first-order valence-corrected chi connectivity index (χ1v) is 6.27. The molecule has 96 valence electrons. The Balaban J connectivity index is 2.64. The Morgan fingerprint density at radius 1 is 1.47 bits per heavy atom. The van der Waals surface area contributed by atoms with E-state index in [1.165, 1.54) is 0 Å². The average molecular weight is 238 g/mol. The standard InChI is InChI=1S/C14H22O3/c1-5-11-10(7-6-8-12(11)15)9-13(16)17-14(2,3)4/h7,11H,5-6,8-9H2,1-4H3. The van der Waals surface area contributed by atoms with Crippen LogP contribution in [0.5, 0.6) is 0 Å². The number of hydrogen-bond acceptors (Lipinski definition) is 3. The van der Waals surface area contributed by atoms with E-state index in [2.05, 4.69) is 0 Å². The molecular formula is C14H22O3. The first kappa shape index (κ1) is 13.9. The SMILES string of the molecule is CCC1C(=O)CCC=C1CC(=O)OC(C)(C)C. The predicted octanol–water partition coefficient (Wildman–Crippen LogP) is 3.03. The summed E-state index contributed by atoms with van der Waals surface area (Å²) in [5.74, 6) is -0.0540. The van der Waals surface area contributed by atoms with Crippen molar-refractivity contribution in [2.45, 2.75) is 59.0 Å². The van der Waals surface area contributed by atoms with Gasteiger partial charge in [-0.15, -0.1) is 0 Å². The van der Waals surface area contributed by atoms with Gasteiger partial charge in [0, 0.05) is 12.3 Å².